The molecule has 1 atom stereocenters. The van der Waals surface area contributed by atoms with Crippen molar-refractivity contribution in [2.75, 3.05) is 31.1 Å². The average molecular weight is 450 g/mol. The van der Waals surface area contributed by atoms with Gasteiger partial charge in [0.15, 0.2) is 0 Å². The Kier molecular flexibility index (Phi) is 5.78. The van der Waals surface area contributed by atoms with Gasteiger partial charge in [0.25, 0.3) is 0 Å². The molecule has 5 rings (SSSR count). The number of para-hydroxylation sites is 1. The predicted octanol–water partition coefficient (Wildman–Crippen LogP) is 3.01. The SMILES string of the molecule is O=C1CC[C@](CCC(=O)N2CCN(c3ncc4ccccc4n3)CC2)(Cc2cccs2)N1. The third-order valence-corrected chi connectivity index (χ3v) is 7.41. The molecule has 1 N–H and O–H groups in total. The molecular formula is C24H27N5O2S. The molecule has 0 spiro atoms. The molecule has 32 heavy (non-hydrogen) atoms. The van der Waals surface area contributed by atoms with E-state index in [1.54, 1.807) is 11.3 Å². The Labute approximate surface area is 191 Å². The lowest BCUT2D eigenvalue weighted by molar-refractivity contribution is -0.132. The Morgan fingerprint density at radius 2 is 1.97 bits per heavy atom. The van der Waals surface area contributed by atoms with Crippen molar-refractivity contribution < 1.29 is 9.59 Å². The van der Waals surface area contributed by atoms with E-state index in [1.807, 2.05) is 41.4 Å². The number of anilines is 1. The number of nitrogens with zero attached hydrogens (tertiary/aromatic N) is 4. The van der Waals surface area contributed by atoms with Gasteiger partial charge >= 0.3 is 0 Å². The number of amides is 2. The van der Waals surface area contributed by atoms with Crippen LogP contribution in [0, 0.1) is 0 Å². The molecule has 2 saturated heterocycles. The minimum atomic E-state index is -0.293. The number of nitrogens with one attached hydrogen (secondary N) is 1. The molecule has 2 amide bonds. The number of carbonyl (C=O) groups is 2. The van der Waals surface area contributed by atoms with Crippen LogP contribution in [0.25, 0.3) is 10.9 Å². The highest BCUT2D eigenvalue weighted by molar-refractivity contribution is 7.09. The van der Waals surface area contributed by atoms with Crippen LogP contribution in [-0.2, 0) is 16.0 Å². The largest absolute Gasteiger partial charge is 0.350 e. The van der Waals surface area contributed by atoms with Crippen molar-refractivity contribution >= 4 is 40.0 Å². The number of aromatic nitrogens is 2. The van der Waals surface area contributed by atoms with Crippen LogP contribution in [0.15, 0.2) is 48.0 Å². The molecule has 0 saturated carbocycles. The van der Waals surface area contributed by atoms with Crippen molar-refractivity contribution in [1.29, 1.82) is 0 Å². The summed E-state index contributed by atoms with van der Waals surface area (Å²) in [6.45, 7) is 2.78. The third kappa shape index (κ3) is 4.46. The van der Waals surface area contributed by atoms with Gasteiger partial charge in [-0.1, -0.05) is 24.3 Å². The van der Waals surface area contributed by atoms with Gasteiger partial charge in [-0.25, -0.2) is 9.97 Å². The van der Waals surface area contributed by atoms with Gasteiger partial charge in [0.1, 0.15) is 0 Å². The molecule has 0 unspecified atom stereocenters. The van der Waals surface area contributed by atoms with E-state index in [1.165, 1.54) is 4.88 Å². The number of fused-ring (bicyclic) bond motifs is 1. The molecule has 3 aromatic rings. The van der Waals surface area contributed by atoms with E-state index >= 15 is 0 Å². The number of carbonyl (C=O) groups excluding carboxylic acids is 2. The molecule has 1 aromatic carbocycles. The first-order valence-corrected chi connectivity index (χ1v) is 12.1. The van der Waals surface area contributed by atoms with Gasteiger partial charge in [0.05, 0.1) is 5.52 Å². The Hall–Kier alpha value is -3.00. The highest BCUT2D eigenvalue weighted by Crippen LogP contribution is 2.31. The molecular weight excluding hydrogens is 422 g/mol. The summed E-state index contributed by atoms with van der Waals surface area (Å²) in [5, 5.41) is 6.27. The summed E-state index contributed by atoms with van der Waals surface area (Å²) < 4.78 is 0. The Balaban J connectivity index is 1.17. The van der Waals surface area contributed by atoms with Crippen LogP contribution in [0.1, 0.15) is 30.6 Å². The number of hydrogen-bond acceptors (Lipinski definition) is 6. The summed E-state index contributed by atoms with van der Waals surface area (Å²) in [6, 6.07) is 12.1. The molecule has 0 aliphatic carbocycles. The maximum absolute atomic E-state index is 13.0. The molecule has 4 heterocycles. The van der Waals surface area contributed by atoms with Crippen molar-refractivity contribution in [3.63, 3.8) is 0 Å². The molecule has 8 heteroatoms. The maximum atomic E-state index is 13.0. The van der Waals surface area contributed by atoms with Crippen molar-refractivity contribution in [3.05, 3.63) is 52.9 Å². The first-order valence-electron chi connectivity index (χ1n) is 11.2. The summed E-state index contributed by atoms with van der Waals surface area (Å²) >= 11 is 1.71. The zero-order valence-corrected chi connectivity index (χ0v) is 18.8. The Morgan fingerprint density at radius 1 is 1.12 bits per heavy atom. The average Bonchev–Trinajstić information content (AvgIpc) is 3.47. The summed E-state index contributed by atoms with van der Waals surface area (Å²) in [5.74, 6) is 0.980. The number of thiophene rings is 1. The van der Waals surface area contributed by atoms with E-state index in [0.717, 1.165) is 42.8 Å². The van der Waals surface area contributed by atoms with Gasteiger partial charge in [-0.3, -0.25) is 9.59 Å². The van der Waals surface area contributed by atoms with Gasteiger partial charge < -0.3 is 15.1 Å². The fourth-order valence-corrected chi connectivity index (χ4v) is 5.55. The molecule has 166 valence electrons. The topological polar surface area (TPSA) is 78.4 Å². The van der Waals surface area contributed by atoms with Gasteiger partial charge in [-0.2, -0.15) is 0 Å². The fourth-order valence-electron chi connectivity index (χ4n) is 4.70. The van der Waals surface area contributed by atoms with Crippen LogP contribution in [0.2, 0.25) is 0 Å². The Bertz CT molecular complexity index is 1110. The standard InChI is InChI=1S/C24H27N5O2S/c30-21-7-9-24(27-21,16-19-5-3-15-32-19)10-8-22(31)28-11-13-29(14-12-28)23-25-17-18-4-1-2-6-20(18)26-23/h1-6,15,17H,7-14,16H2,(H,27,30)/t24-/m0/s1. The van der Waals surface area contributed by atoms with E-state index in [2.05, 4.69) is 31.6 Å². The fraction of sp³-hybridized carbons (Fsp3) is 0.417. The molecule has 0 radical (unpaired) electrons. The lowest BCUT2D eigenvalue weighted by atomic mass is 9.87. The lowest BCUT2D eigenvalue weighted by Gasteiger charge is -2.36. The van der Waals surface area contributed by atoms with Gasteiger partial charge in [0.2, 0.25) is 17.8 Å². The van der Waals surface area contributed by atoms with Crippen molar-refractivity contribution in [3.8, 4) is 0 Å². The van der Waals surface area contributed by atoms with Crippen LogP contribution in [0.4, 0.5) is 5.95 Å². The van der Waals surface area contributed by atoms with Crippen molar-refractivity contribution in [2.45, 2.75) is 37.6 Å². The second kappa shape index (κ2) is 8.86. The normalized spacial score (nSPS) is 21.2. The van der Waals surface area contributed by atoms with E-state index in [9.17, 15) is 9.59 Å². The molecule has 2 fully saturated rings. The van der Waals surface area contributed by atoms with E-state index in [0.29, 0.717) is 32.4 Å². The van der Waals surface area contributed by atoms with E-state index in [-0.39, 0.29) is 17.4 Å². The Morgan fingerprint density at radius 3 is 2.72 bits per heavy atom. The molecule has 0 bridgehead atoms. The highest BCUT2D eigenvalue weighted by Gasteiger charge is 2.38. The van der Waals surface area contributed by atoms with Gasteiger partial charge in [-0.05, 0) is 30.4 Å². The van der Waals surface area contributed by atoms with Crippen molar-refractivity contribution in [2.24, 2.45) is 0 Å². The summed E-state index contributed by atoms with van der Waals surface area (Å²) in [7, 11) is 0. The summed E-state index contributed by atoms with van der Waals surface area (Å²) in [4.78, 5) is 39.5. The first kappa shape index (κ1) is 20.9. The molecule has 2 aliphatic rings. The number of rotatable bonds is 6. The van der Waals surface area contributed by atoms with Crippen molar-refractivity contribution in [1.82, 2.24) is 20.2 Å². The molecule has 7 nitrogen and oxygen atoms in total. The van der Waals surface area contributed by atoms with Crippen LogP contribution in [-0.4, -0.2) is 58.4 Å². The van der Waals surface area contributed by atoms with Crippen LogP contribution in [0.5, 0.6) is 0 Å². The summed E-state index contributed by atoms with van der Waals surface area (Å²) in [5.41, 5.74) is 0.642. The number of piperazine rings is 1. The molecule has 2 aliphatic heterocycles. The van der Waals surface area contributed by atoms with Crippen LogP contribution in [0.3, 0.4) is 0 Å². The zero-order valence-electron chi connectivity index (χ0n) is 18.0. The predicted molar refractivity (Wildman–Crippen MR) is 126 cm³/mol. The van der Waals surface area contributed by atoms with Gasteiger partial charge in [0, 0.05) is 67.4 Å². The minimum Gasteiger partial charge on any atom is -0.350 e. The number of hydrogen-bond donors (Lipinski definition) is 1. The lowest BCUT2D eigenvalue weighted by Crippen LogP contribution is -2.50. The minimum absolute atomic E-state index is 0.0954. The second-order valence-electron chi connectivity index (χ2n) is 8.68. The summed E-state index contributed by atoms with van der Waals surface area (Å²) in [6.07, 6.45) is 5.14. The quantitative estimate of drug-likeness (QED) is 0.626. The maximum Gasteiger partial charge on any atom is 0.225 e. The third-order valence-electron chi connectivity index (χ3n) is 6.54. The number of benzene rings is 1. The smallest absolute Gasteiger partial charge is 0.225 e. The second-order valence-corrected chi connectivity index (χ2v) is 9.71. The van der Waals surface area contributed by atoms with Crippen LogP contribution < -0.4 is 10.2 Å². The van der Waals surface area contributed by atoms with E-state index in [4.69, 9.17) is 0 Å². The monoisotopic (exact) mass is 449 g/mol. The zero-order chi connectivity index (χ0) is 22.0. The highest BCUT2D eigenvalue weighted by atomic mass is 32.1. The van der Waals surface area contributed by atoms with E-state index < -0.39 is 0 Å². The molecule has 2 aromatic heterocycles. The first-order chi connectivity index (χ1) is 15.6. The van der Waals surface area contributed by atoms with Crippen LogP contribution >= 0.6 is 11.3 Å². The van der Waals surface area contributed by atoms with Gasteiger partial charge in [-0.15, -0.1) is 11.3 Å².